The summed E-state index contributed by atoms with van der Waals surface area (Å²) in [6.07, 6.45) is 3.51. The predicted molar refractivity (Wildman–Crippen MR) is 87.9 cm³/mol. The zero-order valence-corrected chi connectivity index (χ0v) is 13.5. The average Bonchev–Trinajstić information content (AvgIpc) is 3.29. The van der Waals surface area contributed by atoms with Crippen LogP contribution in [0.15, 0.2) is 18.2 Å². The lowest BCUT2D eigenvalue weighted by molar-refractivity contribution is -0.119. The van der Waals surface area contributed by atoms with Gasteiger partial charge >= 0.3 is 0 Å². The number of nitrogens with zero attached hydrogens (tertiary/aromatic N) is 1. The Kier molecular flexibility index (Phi) is 5.88. The molecule has 116 valence electrons. The van der Waals surface area contributed by atoms with Gasteiger partial charge in [0.1, 0.15) is 0 Å². The molecule has 0 bridgehead atoms. The standard InChI is InChI=1S/C16H24ClN3O/c1-3-8-20(11-16(21)18-2)15-9-13(17)5-4-12(15)10-19-14-6-7-14/h4-5,9,14,19H,3,6-8,10-11H2,1-2H3,(H,18,21). The van der Waals surface area contributed by atoms with Crippen LogP contribution in [0.3, 0.4) is 0 Å². The van der Waals surface area contributed by atoms with Crippen molar-refractivity contribution in [1.82, 2.24) is 10.6 Å². The van der Waals surface area contributed by atoms with Gasteiger partial charge in [0.05, 0.1) is 6.54 Å². The molecular formula is C16H24ClN3O. The van der Waals surface area contributed by atoms with Crippen LogP contribution in [0, 0.1) is 0 Å². The number of hydrogen-bond acceptors (Lipinski definition) is 3. The number of halogens is 1. The normalized spacial score (nSPS) is 14.0. The summed E-state index contributed by atoms with van der Waals surface area (Å²) in [6.45, 7) is 4.14. The Balaban J connectivity index is 2.18. The van der Waals surface area contributed by atoms with Gasteiger partial charge in [0.25, 0.3) is 0 Å². The number of amides is 1. The average molecular weight is 310 g/mol. The highest BCUT2D eigenvalue weighted by Crippen LogP contribution is 2.27. The van der Waals surface area contributed by atoms with Gasteiger partial charge in [-0.15, -0.1) is 0 Å². The second-order valence-corrected chi connectivity index (χ2v) is 5.96. The first-order valence-corrected chi connectivity index (χ1v) is 7.99. The van der Waals surface area contributed by atoms with Crippen LogP contribution >= 0.6 is 11.6 Å². The Morgan fingerprint density at radius 3 is 2.81 bits per heavy atom. The first-order valence-electron chi connectivity index (χ1n) is 7.61. The maximum Gasteiger partial charge on any atom is 0.239 e. The lowest BCUT2D eigenvalue weighted by Gasteiger charge is -2.26. The number of carbonyl (C=O) groups excluding carboxylic acids is 1. The zero-order chi connectivity index (χ0) is 15.2. The molecule has 0 radical (unpaired) electrons. The number of hydrogen-bond donors (Lipinski definition) is 2. The Morgan fingerprint density at radius 1 is 1.43 bits per heavy atom. The lowest BCUT2D eigenvalue weighted by Crippen LogP contribution is -2.37. The van der Waals surface area contributed by atoms with Gasteiger partial charge in [-0.25, -0.2) is 0 Å². The van der Waals surface area contributed by atoms with Crippen molar-refractivity contribution in [2.75, 3.05) is 25.0 Å². The Hall–Kier alpha value is -1.26. The molecule has 1 aromatic rings. The van der Waals surface area contributed by atoms with Crippen molar-refractivity contribution in [1.29, 1.82) is 0 Å². The molecule has 1 fully saturated rings. The second-order valence-electron chi connectivity index (χ2n) is 5.52. The molecule has 0 aromatic heterocycles. The topological polar surface area (TPSA) is 44.4 Å². The molecule has 1 aliphatic carbocycles. The van der Waals surface area contributed by atoms with Gasteiger partial charge in [0.2, 0.25) is 5.91 Å². The van der Waals surface area contributed by atoms with E-state index in [9.17, 15) is 4.79 Å². The summed E-state index contributed by atoms with van der Waals surface area (Å²) in [5.74, 6) is 0.0181. The zero-order valence-electron chi connectivity index (χ0n) is 12.8. The summed E-state index contributed by atoms with van der Waals surface area (Å²) < 4.78 is 0. The van der Waals surface area contributed by atoms with Crippen LogP contribution in [0.4, 0.5) is 5.69 Å². The summed E-state index contributed by atoms with van der Waals surface area (Å²) in [7, 11) is 1.67. The molecule has 0 atom stereocenters. The fraction of sp³-hybridized carbons (Fsp3) is 0.562. The van der Waals surface area contributed by atoms with Crippen molar-refractivity contribution in [3.63, 3.8) is 0 Å². The van der Waals surface area contributed by atoms with Crippen molar-refractivity contribution in [2.45, 2.75) is 38.8 Å². The van der Waals surface area contributed by atoms with E-state index in [-0.39, 0.29) is 5.91 Å². The molecule has 0 heterocycles. The van der Waals surface area contributed by atoms with E-state index in [0.717, 1.165) is 25.2 Å². The quantitative estimate of drug-likeness (QED) is 0.775. The minimum Gasteiger partial charge on any atom is -0.362 e. The third-order valence-corrected chi connectivity index (χ3v) is 3.89. The highest BCUT2D eigenvalue weighted by molar-refractivity contribution is 6.30. The fourth-order valence-electron chi connectivity index (χ4n) is 2.33. The van der Waals surface area contributed by atoms with Crippen LogP contribution in [0.5, 0.6) is 0 Å². The molecular weight excluding hydrogens is 286 g/mol. The van der Waals surface area contributed by atoms with Gasteiger partial charge in [0, 0.05) is 36.9 Å². The highest BCUT2D eigenvalue weighted by atomic mass is 35.5. The van der Waals surface area contributed by atoms with E-state index in [4.69, 9.17) is 11.6 Å². The van der Waals surface area contributed by atoms with Crippen molar-refractivity contribution < 1.29 is 4.79 Å². The number of likely N-dealkylation sites (N-methyl/N-ethyl adjacent to an activating group) is 1. The molecule has 0 unspecified atom stereocenters. The molecule has 5 heteroatoms. The van der Waals surface area contributed by atoms with E-state index in [0.29, 0.717) is 17.6 Å². The largest absolute Gasteiger partial charge is 0.362 e. The molecule has 0 spiro atoms. The van der Waals surface area contributed by atoms with Gasteiger partial charge < -0.3 is 15.5 Å². The van der Waals surface area contributed by atoms with Gasteiger partial charge in [-0.2, -0.15) is 0 Å². The summed E-state index contributed by atoms with van der Waals surface area (Å²) in [6, 6.07) is 6.59. The summed E-state index contributed by atoms with van der Waals surface area (Å²) in [4.78, 5) is 13.8. The molecule has 2 rings (SSSR count). The minimum atomic E-state index is 0.0181. The van der Waals surface area contributed by atoms with Crippen LogP contribution in [0.2, 0.25) is 5.02 Å². The summed E-state index contributed by atoms with van der Waals surface area (Å²) >= 11 is 6.16. The van der Waals surface area contributed by atoms with Crippen LogP contribution in [0.25, 0.3) is 0 Å². The van der Waals surface area contributed by atoms with E-state index in [1.807, 2.05) is 12.1 Å². The van der Waals surface area contributed by atoms with Gasteiger partial charge in [-0.1, -0.05) is 24.6 Å². The Labute approximate surface area is 131 Å². The van der Waals surface area contributed by atoms with Crippen molar-refractivity contribution in [3.8, 4) is 0 Å². The number of rotatable bonds is 8. The van der Waals surface area contributed by atoms with Crippen LogP contribution in [0.1, 0.15) is 31.7 Å². The predicted octanol–water partition coefficient (Wildman–Crippen LogP) is 2.55. The smallest absolute Gasteiger partial charge is 0.239 e. The first-order chi connectivity index (χ1) is 10.1. The third kappa shape index (κ3) is 4.90. The number of nitrogens with one attached hydrogen (secondary N) is 2. The molecule has 0 saturated heterocycles. The Bertz CT molecular complexity index is 488. The molecule has 1 amide bonds. The highest BCUT2D eigenvalue weighted by Gasteiger charge is 2.21. The fourth-order valence-corrected chi connectivity index (χ4v) is 2.50. The van der Waals surface area contributed by atoms with Crippen molar-refractivity contribution >= 4 is 23.2 Å². The summed E-state index contributed by atoms with van der Waals surface area (Å²) in [5, 5.41) is 6.92. The molecule has 4 nitrogen and oxygen atoms in total. The molecule has 0 aliphatic heterocycles. The van der Waals surface area contributed by atoms with Crippen LogP contribution in [-0.2, 0) is 11.3 Å². The molecule has 1 saturated carbocycles. The molecule has 2 N–H and O–H groups in total. The molecule has 1 aliphatic rings. The number of anilines is 1. The maximum absolute atomic E-state index is 11.7. The van der Waals surface area contributed by atoms with Gasteiger partial charge in [0.15, 0.2) is 0 Å². The minimum absolute atomic E-state index is 0.0181. The Morgan fingerprint density at radius 2 is 2.19 bits per heavy atom. The SMILES string of the molecule is CCCN(CC(=O)NC)c1cc(Cl)ccc1CNC1CC1. The van der Waals surface area contributed by atoms with Gasteiger partial charge in [-0.3, -0.25) is 4.79 Å². The maximum atomic E-state index is 11.7. The van der Waals surface area contributed by atoms with Crippen molar-refractivity contribution in [3.05, 3.63) is 28.8 Å². The van der Waals surface area contributed by atoms with Crippen LogP contribution < -0.4 is 15.5 Å². The van der Waals surface area contributed by atoms with E-state index in [1.165, 1.54) is 18.4 Å². The third-order valence-electron chi connectivity index (χ3n) is 3.65. The molecule has 21 heavy (non-hydrogen) atoms. The van der Waals surface area contributed by atoms with Crippen molar-refractivity contribution in [2.24, 2.45) is 0 Å². The number of benzene rings is 1. The van der Waals surface area contributed by atoms with Crippen LogP contribution in [-0.4, -0.2) is 32.1 Å². The monoisotopic (exact) mass is 309 g/mol. The van der Waals surface area contributed by atoms with E-state index in [2.05, 4.69) is 28.5 Å². The second kappa shape index (κ2) is 7.66. The number of carbonyl (C=O) groups is 1. The van der Waals surface area contributed by atoms with E-state index < -0.39 is 0 Å². The molecule has 1 aromatic carbocycles. The van der Waals surface area contributed by atoms with Gasteiger partial charge in [-0.05, 0) is 37.0 Å². The first kappa shape index (κ1) is 16.1. The van der Waals surface area contributed by atoms with E-state index in [1.54, 1.807) is 7.05 Å². The van der Waals surface area contributed by atoms with E-state index >= 15 is 0 Å². The summed E-state index contributed by atoms with van der Waals surface area (Å²) in [5.41, 5.74) is 2.25. The lowest BCUT2D eigenvalue weighted by atomic mass is 10.1.